The number of likely N-dealkylation sites (tertiary alicyclic amines) is 1. The molecule has 1 aliphatic rings. The van der Waals surface area contributed by atoms with Crippen molar-refractivity contribution in [3.8, 4) is 0 Å². The van der Waals surface area contributed by atoms with Gasteiger partial charge in [0.25, 0.3) is 5.56 Å². The van der Waals surface area contributed by atoms with E-state index in [0.29, 0.717) is 18.2 Å². The molecule has 0 bridgehead atoms. The minimum atomic E-state index is -0.353. The lowest BCUT2D eigenvalue weighted by molar-refractivity contribution is -0.132. The van der Waals surface area contributed by atoms with Crippen LogP contribution in [0, 0.1) is 5.92 Å². The van der Waals surface area contributed by atoms with Crippen molar-refractivity contribution in [2.75, 3.05) is 18.8 Å². The zero-order valence-electron chi connectivity index (χ0n) is 13.2. The van der Waals surface area contributed by atoms with E-state index in [1.54, 1.807) is 4.90 Å². The number of piperidine rings is 1. The first-order valence-electron chi connectivity index (χ1n) is 7.79. The average Bonchev–Trinajstić information content (AvgIpc) is 2.52. The second kappa shape index (κ2) is 8.14. The lowest BCUT2D eigenvalue weighted by Gasteiger charge is -2.31. The summed E-state index contributed by atoms with van der Waals surface area (Å²) >= 11 is 1.21. The molecule has 0 spiro atoms. The monoisotopic (exact) mass is 338 g/mol. The number of hydrogen-bond donors (Lipinski definition) is 2. The molecule has 2 rings (SSSR count). The normalized spacial score (nSPS) is 18.0. The van der Waals surface area contributed by atoms with Crippen LogP contribution in [0.2, 0.25) is 0 Å². The molecule has 1 atom stereocenters. The van der Waals surface area contributed by atoms with Gasteiger partial charge in [-0.05, 0) is 19.3 Å². The summed E-state index contributed by atoms with van der Waals surface area (Å²) in [7, 11) is 0. The Bertz CT molecular complexity index is 631. The number of aromatic amines is 1. The van der Waals surface area contributed by atoms with Crippen LogP contribution >= 0.6 is 11.8 Å². The van der Waals surface area contributed by atoms with Crippen LogP contribution in [0.1, 0.15) is 31.9 Å². The summed E-state index contributed by atoms with van der Waals surface area (Å²) < 4.78 is 0. The van der Waals surface area contributed by atoms with E-state index in [1.165, 1.54) is 17.8 Å². The number of nitrogens with zero attached hydrogens (tertiary/aromatic N) is 2. The van der Waals surface area contributed by atoms with Gasteiger partial charge in [0.05, 0.1) is 11.7 Å². The van der Waals surface area contributed by atoms with Crippen LogP contribution in [0.5, 0.6) is 0 Å². The Balaban J connectivity index is 1.93. The van der Waals surface area contributed by atoms with Crippen molar-refractivity contribution in [1.29, 1.82) is 0 Å². The number of rotatable bonds is 6. The van der Waals surface area contributed by atoms with Gasteiger partial charge < -0.3 is 15.6 Å². The number of nitrogens with one attached hydrogen (secondary N) is 1. The lowest BCUT2D eigenvalue weighted by atomic mass is 9.97. The van der Waals surface area contributed by atoms with Gasteiger partial charge in [0.15, 0.2) is 5.16 Å². The molecule has 0 radical (unpaired) electrons. The number of hydrogen-bond acceptors (Lipinski definition) is 5. The van der Waals surface area contributed by atoms with Crippen molar-refractivity contribution in [3.63, 3.8) is 0 Å². The highest BCUT2D eigenvalue weighted by molar-refractivity contribution is 7.99. The van der Waals surface area contributed by atoms with Gasteiger partial charge in [-0.3, -0.25) is 14.4 Å². The molecule has 0 saturated carbocycles. The van der Waals surface area contributed by atoms with E-state index >= 15 is 0 Å². The molecule has 0 unspecified atom stereocenters. The van der Waals surface area contributed by atoms with Gasteiger partial charge in [-0.25, -0.2) is 4.98 Å². The highest BCUT2D eigenvalue weighted by Crippen LogP contribution is 2.19. The fraction of sp³-hybridized carbons (Fsp3) is 0.600. The van der Waals surface area contributed by atoms with Crippen LogP contribution < -0.4 is 11.3 Å². The van der Waals surface area contributed by atoms with Crippen molar-refractivity contribution in [3.05, 3.63) is 22.1 Å². The molecule has 0 aliphatic carbocycles. The van der Waals surface area contributed by atoms with E-state index in [1.807, 2.05) is 6.92 Å². The maximum atomic E-state index is 12.3. The molecule has 8 heteroatoms. The second-order valence-electron chi connectivity index (χ2n) is 5.66. The molecule has 1 aromatic heterocycles. The van der Waals surface area contributed by atoms with Crippen LogP contribution in [0.4, 0.5) is 0 Å². The first-order chi connectivity index (χ1) is 11.0. The summed E-state index contributed by atoms with van der Waals surface area (Å²) in [6.07, 6.45) is 3.16. The average molecular weight is 338 g/mol. The molecule has 2 amide bonds. The summed E-state index contributed by atoms with van der Waals surface area (Å²) in [4.78, 5) is 43.8. The van der Waals surface area contributed by atoms with Crippen molar-refractivity contribution in [1.82, 2.24) is 14.9 Å². The quantitative estimate of drug-likeness (QED) is 0.581. The number of nitrogens with two attached hydrogens (primary N) is 1. The Hall–Kier alpha value is -1.83. The van der Waals surface area contributed by atoms with Crippen molar-refractivity contribution >= 4 is 23.6 Å². The van der Waals surface area contributed by atoms with Gasteiger partial charge in [0.2, 0.25) is 11.8 Å². The van der Waals surface area contributed by atoms with Gasteiger partial charge in [-0.1, -0.05) is 25.1 Å². The van der Waals surface area contributed by atoms with E-state index in [2.05, 4.69) is 9.97 Å². The number of aryl methyl sites for hydroxylation is 1. The Morgan fingerprint density at radius 1 is 1.52 bits per heavy atom. The lowest BCUT2D eigenvalue weighted by Crippen LogP contribution is -2.44. The number of primary amides is 1. The van der Waals surface area contributed by atoms with Crippen LogP contribution in [0.15, 0.2) is 16.0 Å². The van der Waals surface area contributed by atoms with Crippen molar-refractivity contribution in [2.24, 2.45) is 11.7 Å². The highest BCUT2D eigenvalue weighted by Gasteiger charge is 2.26. The molecule has 1 saturated heterocycles. The van der Waals surface area contributed by atoms with Gasteiger partial charge in [0.1, 0.15) is 0 Å². The topological polar surface area (TPSA) is 109 Å². The summed E-state index contributed by atoms with van der Waals surface area (Å²) in [5.41, 5.74) is 5.86. The highest BCUT2D eigenvalue weighted by atomic mass is 32.2. The molecule has 2 heterocycles. The van der Waals surface area contributed by atoms with Crippen LogP contribution in [0.25, 0.3) is 0 Å². The minimum absolute atomic E-state index is 0.0653. The van der Waals surface area contributed by atoms with E-state index in [4.69, 9.17) is 5.73 Å². The summed E-state index contributed by atoms with van der Waals surface area (Å²) in [6, 6.07) is 1.48. The number of aromatic nitrogens is 2. The third-order valence-electron chi connectivity index (χ3n) is 3.79. The molecule has 0 aromatic carbocycles. The molecule has 1 fully saturated rings. The largest absolute Gasteiger partial charge is 0.369 e. The fourth-order valence-corrected chi connectivity index (χ4v) is 3.39. The molecular weight excluding hydrogens is 316 g/mol. The van der Waals surface area contributed by atoms with E-state index in [0.717, 1.165) is 31.4 Å². The van der Waals surface area contributed by atoms with Crippen molar-refractivity contribution < 1.29 is 9.59 Å². The summed E-state index contributed by atoms with van der Waals surface area (Å²) in [5.74, 6) is -0.495. The van der Waals surface area contributed by atoms with Crippen LogP contribution in [-0.4, -0.2) is 45.5 Å². The Morgan fingerprint density at radius 3 is 3.00 bits per heavy atom. The first kappa shape index (κ1) is 17.5. The Labute approximate surface area is 139 Å². The maximum Gasteiger partial charge on any atom is 0.251 e. The SMILES string of the molecule is CCCc1cc(=O)[nH]c(SCC(=O)N2CCC[C@H](C(N)=O)C2)n1. The Kier molecular flexibility index (Phi) is 6.20. The summed E-state index contributed by atoms with van der Waals surface area (Å²) in [5, 5.41) is 0.456. The van der Waals surface area contributed by atoms with Crippen LogP contribution in [0.3, 0.4) is 0 Å². The number of H-pyrrole nitrogens is 1. The van der Waals surface area contributed by atoms with E-state index in [-0.39, 0.29) is 29.0 Å². The number of thioether (sulfide) groups is 1. The number of amides is 2. The van der Waals surface area contributed by atoms with Gasteiger partial charge in [-0.15, -0.1) is 0 Å². The smallest absolute Gasteiger partial charge is 0.251 e. The molecular formula is C15H22N4O3S. The summed E-state index contributed by atoms with van der Waals surface area (Å²) in [6.45, 7) is 3.04. The van der Waals surface area contributed by atoms with Gasteiger partial charge in [0, 0.05) is 24.8 Å². The number of carbonyl (C=O) groups excluding carboxylic acids is 2. The predicted octanol–water partition coefficient (Wildman–Crippen LogP) is 0.538. The molecule has 1 aromatic rings. The standard InChI is InChI=1S/C15H22N4O3S/c1-2-4-11-7-12(20)18-15(17-11)23-9-13(21)19-6-3-5-10(8-19)14(16)22/h7,10H,2-6,8-9H2,1H3,(H2,16,22)(H,17,18,20)/t10-/m0/s1. The van der Waals surface area contributed by atoms with Crippen molar-refractivity contribution in [2.45, 2.75) is 37.8 Å². The third kappa shape index (κ3) is 5.09. The zero-order chi connectivity index (χ0) is 16.8. The Morgan fingerprint density at radius 2 is 2.30 bits per heavy atom. The molecule has 126 valence electrons. The number of carbonyl (C=O) groups is 2. The molecule has 7 nitrogen and oxygen atoms in total. The van der Waals surface area contributed by atoms with E-state index < -0.39 is 0 Å². The fourth-order valence-electron chi connectivity index (χ4n) is 2.59. The minimum Gasteiger partial charge on any atom is -0.369 e. The first-order valence-corrected chi connectivity index (χ1v) is 8.78. The molecule has 23 heavy (non-hydrogen) atoms. The third-order valence-corrected chi connectivity index (χ3v) is 4.65. The van der Waals surface area contributed by atoms with Crippen LogP contribution in [-0.2, 0) is 16.0 Å². The maximum absolute atomic E-state index is 12.3. The predicted molar refractivity (Wildman–Crippen MR) is 88.1 cm³/mol. The molecule has 3 N–H and O–H groups in total. The zero-order valence-corrected chi connectivity index (χ0v) is 14.0. The second-order valence-corrected chi connectivity index (χ2v) is 6.63. The van der Waals surface area contributed by atoms with Gasteiger partial charge >= 0.3 is 0 Å². The van der Waals surface area contributed by atoms with E-state index in [9.17, 15) is 14.4 Å². The molecule has 1 aliphatic heterocycles. The van der Waals surface area contributed by atoms with Gasteiger partial charge in [-0.2, -0.15) is 0 Å².